The summed E-state index contributed by atoms with van der Waals surface area (Å²) in [6, 6.07) is -1.64. The lowest BCUT2D eigenvalue weighted by atomic mass is 10.3. The number of thiazole rings is 1. The van der Waals surface area contributed by atoms with Crippen molar-refractivity contribution in [3.63, 3.8) is 0 Å². The highest BCUT2D eigenvalue weighted by Gasteiger charge is 2.18. The molecule has 0 aromatic carbocycles. The van der Waals surface area contributed by atoms with E-state index in [0.717, 1.165) is 11.3 Å². The van der Waals surface area contributed by atoms with E-state index in [9.17, 15) is 14.4 Å². The normalized spacial score (nSPS) is 13.1. The summed E-state index contributed by atoms with van der Waals surface area (Å²) in [6.07, 6.45) is 0. The van der Waals surface area contributed by atoms with Crippen LogP contribution in [0.1, 0.15) is 42.3 Å². The predicted octanol–water partition coefficient (Wildman–Crippen LogP) is 0.726. The summed E-state index contributed by atoms with van der Waals surface area (Å²) in [5.41, 5.74) is -0.0558. The highest BCUT2D eigenvalue weighted by Crippen LogP contribution is 2.17. The van der Waals surface area contributed by atoms with Crippen LogP contribution < -0.4 is 16.0 Å². The van der Waals surface area contributed by atoms with Crippen LogP contribution in [0.4, 0.5) is 4.79 Å². The van der Waals surface area contributed by atoms with Crippen molar-refractivity contribution in [1.82, 2.24) is 20.9 Å². The Balaban J connectivity index is 2.53. The van der Waals surface area contributed by atoms with E-state index in [1.54, 1.807) is 20.8 Å². The van der Waals surface area contributed by atoms with Crippen LogP contribution >= 0.6 is 11.3 Å². The number of amides is 3. The smallest absolute Gasteiger partial charge is 0.355 e. The van der Waals surface area contributed by atoms with Crippen LogP contribution in [0.25, 0.3) is 0 Å². The number of urea groups is 1. The fourth-order valence-electron chi connectivity index (χ4n) is 1.47. The molecule has 9 heteroatoms. The molecule has 21 heavy (non-hydrogen) atoms. The largest absolute Gasteiger partial charge is 0.476 e. The average Bonchev–Trinajstić information content (AvgIpc) is 2.88. The molecule has 2 unspecified atom stereocenters. The van der Waals surface area contributed by atoms with E-state index in [2.05, 4.69) is 20.9 Å². The van der Waals surface area contributed by atoms with Gasteiger partial charge in [0.15, 0.2) is 5.69 Å². The lowest BCUT2D eigenvalue weighted by Gasteiger charge is -2.16. The topological polar surface area (TPSA) is 120 Å². The van der Waals surface area contributed by atoms with Gasteiger partial charge in [0.05, 0.1) is 6.04 Å². The molecule has 1 aromatic heterocycles. The van der Waals surface area contributed by atoms with Crippen LogP contribution in [0.3, 0.4) is 0 Å². The molecule has 0 spiro atoms. The van der Waals surface area contributed by atoms with E-state index in [0.29, 0.717) is 11.6 Å². The van der Waals surface area contributed by atoms with Gasteiger partial charge in [0.2, 0.25) is 5.91 Å². The number of carboxylic acids is 1. The number of rotatable bonds is 6. The fraction of sp³-hybridized carbons (Fsp3) is 0.500. The molecule has 3 amide bonds. The molecule has 0 radical (unpaired) electrons. The van der Waals surface area contributed by atoms with Crippen molar-refractivity contribution in [2.45, 2.75) is 32.9 Å². The summed E-state index contributed by atoms with van der Waals surface area (Å²) in [5.74, 6) is -1.39. The Labute approximate surface area is 126 Å². The lowest BCUT2D eigenvalue weighted by molar-refractivity contribution is -0.122. The molecule has 0 bridgehead atoms. The molecule has 8 nitrogen and oxygen atoms in total. The van der Waals surface area contributed by atoms with E-state index in [1.165, 1.54) is 5.38 Å². The summed E-state index contributed by atoms with van der Waals surface area (Å²) in [7, 11) is 0. The molecule has 0 aliphatic heterocycles. The highest BCUT2D eigenvalue weighted by atomic mass is 32.1. The van der Waals surface area contributed by atoms with Gasteiger partial charge in [-0.1, -0.05) is 0 Å². The van der Waals surface area contributed by atoms with Crippen molar-refractivity contribution >= 4 is 29.2 Å². The third kappa shape index (κ3) is 5.03. The van der Waals surface area contributed by atoms with Gasteiger partial charge in [-0.05, 0) is 20.8 Å². The van der Waals surface area contributed by atoms with Gasteiger partial charge in [0, 0.05) is 11.9 Å². The Morgan fingerprint density at radius 2 is 2.00 bits per heavy atom. The van der Waals surface area contributed by atoms with Crippen molar-refractivity contribution in [1.29, 1.82) is 0 Å². The Kier molecular flexibility index (Phi) is 6.10. The van der Waals surface area contributed by atoms with Gasteiger partial charge in [-0.25, -0.2) is 14.6 Å². The first-order valence-electron chi connectivity index (χ1n) is 6.38. The van der Waals surface area contributed by atoms with E-state index in [-0.39, 0.29) is 11.6 Å². The maximum absolute atomic E-state index is 11.7. The zero-order chi connectivity index (χ0) is 16.0. The Morgan fingerprint density at radius 1 is 1.33 bits per heavy atom. The van der Waals surface area contributed by atoms with Crippen LogP contribution in [0.5, 0.6) is 0 Å². The summed E-state index contributed by atoms with van der Waals surface area (Å²) >= 11 is 1.15. The second-order valence-corrected chi connectivity index (χ2v) is 5.22. The molecule has 0 aliphatic rings. The molecule has 2 atom stereocenters. The molecule has 0 fully saturated rings. The summed E-state index contributed by atoms with van der Waals surface area (Å²) < 4.78 is 0. The quantitative estimate of drug-likeness (QED) is 0.617. The maximum Gasteiger partial charge on any atom is 0.355 e. The monoisotopic (exact) mass is 314 g/mol. The van der Waals surface area contributed by atoms with Gasteiger partial charge in [-0.3, -0.25) is 4.79 Å². The number of nitrogens with zero attached hydrogens (tertiary/aromatic N) is 1. The molecular weight excluding hydrogens is 296 g/mol. The minimum Gasteiger partial charge on any atom is -0.476 e. The zero-order valence-electron chi connectivity index (χ0n) is 12.0. The number of hydrogen-bond acceptors (Lipinski definition) is 5. The third-order valence-corrected chi connectivity index (χ3v) is 3.58. The van der Waals surface area contributed by atoms with Gasteiger partial charge >= 0.3 is 12.0 Å². The molecule has 1 rings (SSSR count). The van der Waals surface area contributed by atoms with E-state index in [4.69, 9.17) is 5.11 Å². The van der Waals surface area contributed by atoms with Gasteiger partial charge in [0.25, 0.3) is 0 Å². The van der Waals surface area contributed by atoms with Crippen LogP contribution in [0.2, 0.25) is 0 Å². The second kappa shape index (κ2) is 7.58. The Morgan fingerprint density at radius 3 is 2.52 bits per heavy atom. The molecule has 0 saturated carbocycles. The number of nitrogens with one attached hydrogen (secondary N) is 3. The van der Waals surface area contributed by atoms with E-state index < -0.39 is 24.1 Å². The number of aromatic nitrogens is 1. The second-order valence-electron chi connectivity index (χ2n) is 4.33. The highest BCUT2D eigenvalue weighted by molar-refractivity contribution is 7.09. The fourth-order valence-corrected chi connectivity index (χ4v) is 2.27. The average molecular weight is 314 g/mol. The summed E-state index contributed by atoms with van der Waals surface area (Å²) in [5, 5.41) is 18.4. The lowest BCUT2D eigenvalue weighted by Crippen LogP contribution is -2.48. The van der Waals surface area contributed by atoms with E-state index in [1.807, 2.05) is 0 Å². The van der Waals surface area contributed by atoms with Crippen LogP contribution in [0.15, 0.2) is 5.38 Å². The van der Waals surface area contributed by atoms with Gasteiger partial charge in [-0.15, -0.1) is 11.3 Å². The first kappa shape index (κ1) is 16.9. The molecular formula is C12H18N4O4S. The standard InChI is InChI=1S/C12H18N4O4S/c1-4-13-9(17)6(2)14-12(20)15-7(3)10-16-8(5-21-10)11(18)19/h5-7H,4H2,1-3H3,(H,13,17)(H,18,19)(H2,14,15,20). The first-order chi connectivity index (χ1) is 9.85. The SMILES string of the molecule is CCNC(=O)C(C)NC(=O)NC(C)c1nc(C(=O)O)cs1. The van der Waals surface area contributed by atoms with Crippen molar-refractivity contribution in [2.24, 2.45) is 0 Å². The summed E-state index contributed by atoms with van der Waals surface area (Å²) in [4.78, 5) is 37.9. The minimum atomic E-state index is -1.11. The summed E-state index contributed by atoms with van der Waals surface area (Å²) in [6.45, 7) is 5.53. The number of carbonyl (C=O) groups is 3. The van der Waals surface area contributed by atoms with Gasteiger partial charge in [-0.2, -0.15) is 0 Å². The minimum absolute atomic E-state index is 0.0558. The third-order valence-electron chi connectivity index (χ3n) is 2.55. The number of aromatic carboxylic acids is 1. The van der Waals surface area contributed by atoms with Crippen molar-refractivity contribution in [3.8, 4) is 0 Å². The first-order valence-corrected chi connectivity index (χ1v) is 7.26. The van der Waals surface area contributed by atoms with E-state index >= 15 is 0 Å². The molecule has 1 aromatic rings. The van der Waals surface area contributed by atoms with Crippen LogP contribution in [0, 0.1) is 0 Å². The van der Waals surface area contributed by atoms with Crippen molar-refractivity contribution in [3.05, 3.63) is 16.1 Å². The van der Waals surface area contributed by atoms with Crippen molar-refractivity contribution < 1.29 is 19.5 Å². The Hall–Kier alpha value is -2.16. The molecule has 0 aliphatic carbocycles. The van der Waals surface area contributed by atoms with Crippen LogP contribution in [-0.4, -0.2) is 40.6 Å². The Bertz CT molecular complexity index is 531. The molecule has 0 saturated heterocycles. The van der Waals surface area contributed by atoms with Crippen LogP contribution in [-0.2, 0) is 4.79 Å². The number of carbonyl (C=O) groups excluding carboxylic acids is 2. The number of likely N-dealkylation sites (N-methyl/N-ethyl adjacent to an activating group) is 1. The molecule has 1 heterocycles. The number of hydrogen-bond donors (Lipinski definition) is 4. The number of carboxylic acid groups (broad SMARTS) is 1. The molecule has 116 valence electrons. The molecule has 4 N–H and O–H groups in total. The van der Waals surface area contributed by atoms with Gasteiger partial charge < -0.3 is 21.1 Å². The predicted molar refractivity (Wildman–Crippen MR) is 77.3 cm³/mol. The van der Waals surface area contributed by atoms with Crippen molar-refractivity contribution in [2.75, 3.05) is 6.54 Å². The van der Waals surface area contributed by atoms with Gasteiger partial charge in [0.1, 0.15) is 11.0 Å². The zero-order valence-corrected chi connectivity index (χ0v) is 12.8. The maximum atomic E-state index is 11.7.